The number of carbonyl (C=O) groups is 2. The van der Waals surface area contributed by atoms with E-state index >= 15 is 0 Å². The summed E-state index contributed by atoms with van der Waals surface area (Å²) in [5.41, 5.74) is 0.694. The van der Waals surface area contributed by atoms with Crippen LogP contribution in [0.4, 0.5) is 18.0 Å². The van der Waals surface area contributed by atoms with Crippen LogP contribution in [0.2, 0.25) is 0 Å². The molecule has 0 radical (unpaired) electrons. The van der Waals surface area contributed by atoms with Crippen LogP contribution in [-0.4, -0.2) is 41.3 Å². The van der Waals surface area contributed by atoms with Crippen molar-refractivity contribution in [3.8, 4) is 0 Å². The van der Waals surface area contributed by atoms with E-state index in [9.17, 15) is 22.8 Å². The smallest absolute Gasteiger partial charge is 0.410 e. The average molecular weight is 331 g/mol. The summed E-state index contributed by atoms with van der Waals surface area (Å²) in [4.78, 5) is 23.8. The van der Waals surface area contributed by atoms with Gasteiger partial charge in [0.25, 0.3) is 0 Å². The summed E-state index contributed by atoms with van der Waals surface area (Å²) in [6.45, 7) is -0.943. The van der Waals surface area contributed by atoms with Crippen molar-refractivity contribution in [2.75, 3.05) is 13.1 Å². The maximum atomic E-state index is 12.9. The van der Waals surface area contributed by atoms with Crippen LogP contribution < -0.4 is 0 Å². The van der Waals surface area contributed by atoms with Crippen LogP contribution >= 0.6 is 0 Å². The number of likely N-dealkylation sites (tertiary alicyclic amines) is 1. The zero-order chi connectivity index (χ0) is 17.0. The molecule has 5 nitrogen and oxygen atoms in total. The lowest BCUT2D eigenvalue weighted by atomic mass is 9.89. The molecule has 2 atom stereocenters. The Hall–Kier alpha value is -2.25. The lowest BCUT2D eigenvalue weighted by Crippen LogP contribution is -2.50. The van der Waals surface area contributed by atoms with Crippen LogP contribution in [0.3, 0.4) is 0 Å². The molecule has 1 aliphatic heterocycles. The highest BCUT2D eigenvalue weighted by atomic mass is 19.4. The number of alkyl halides is 3. The van der Waals surface area contributed by atoms with Crippen LogP contribution in [0, 0.1) is 11.8 Å². The molecule has 23 heavy (non-hydrogen) atoms. The molecule has 2 rings (SSSR count). The van der Waals surface area contributed by atoms with Gasteiger partial charge in [-0.05, 0) is 12.0 Å². The average Bonchev–Trinajstić information content (AvgIpc) is 2.52. The molecule has 0 unspecified atom stereocenters. The fraction of sp³-hybridized carbons (Fsp3) is 0.467. The van der Waals surface area contributed by atoms with Gasteiger partial charge >= 0.3 is 18.2 Å². The van der Waals surface area contributed by atoms with Crippen molar-refractivity contribution in [1.29, 1.82) is 0 Å². The standard InChI is InChI=1S/C15H16F3NO4/c16-15(17,18)12-6-11(13(20)21)7-19(8-12)14(22)23-9-10-4-2-1-3-5-10/h1-5,11-12H,6-9H2,(H,20,21)/t11-,12-/m0/s1. The van der Waals surface area contributed by atoms with Crippen LogP contribution in [0.15, 0.2) is 30.3 Å². The second-order valence-corrected chi connectivity index (χ2v) is 5.45. The van der Waals surface area contributed by atoms with Gasteiger partial charge in [0.05, 0.1) is 11.8 Å². The van der Waals surface area contributed by atoms with Crippen molar-refractivity contribution < 1.29 is 32.6 Å². The number of aliphatic carboxylic acids is 1. The number of hydrogen-bond donors (Lipinski definition) is 1. The summed E-state index contributed by atoms with van der Waals surface area (Å²) >= 11 is 0. The number of amides is 1. The summed E-state index contributed by atoms with van der Waals surface area (Å²) in [5, 5.41) is 8.98. The normalized spacial score (nSPS) is 21.8. The summed E-state index contributed by atoms with van der Waals surface area (Å²) in [6, 6.07) is 8.68. The first-order valence-corrected chi connectivity index (χ1v) is 7.02. The van der Waals surface area contributed by atoms with E-state index < -0.39 is 43.0 Å². The lowest BCUT2D eigenvalue weighted by molar-refractivity contribution is -0.192. The molecule has 126 valence electrons. The Morgan fingerprint density at radius 1 is 1.22 bits per heavy atom. The molecule has 1 amide bonds. The zero-order valence-corrected chi connectivity index (χ0v) is 12.1. The van der Waals surface area contributed by atoms with E-state index in [1.54, 1.807) is 30.3 Å². The molecule has 0 aromatic heterocycles. The number of carboxylic acids is 1. The van der Waals surface area contributed by atoms with Crippen molar-refractivity contribution in [3.05, 3.63) is 35.9 Å². The Morgan fingerprint density at radius 2 is 1.87 bits per heavy atom. The van der Waals surface area contributed by atoms with Crippen LogP contribution in [0.5, 0.6) is 0 Å². The van der Waals surface area contributed by atoms with Crippen molar-refractivity contribution >= 4 is 12.1 Å². The Kier molecular flexibility index (Phi) is 5.12. The number of benzene rings is 1. The molecule has 8 heteroatoms. The van der Waals surface area contributed by atoms with Gasteiger partial charge in [0.15, 0.2) is 0 Å². The topological polar surface area (TPSA) is 66.8 Å². The number of carbonyl (C=O) groups excluding carboxylic acids is 1. The van der Waals surface area contributed by atoms with Gasteiger partial charge in [0.1, 0.15) is 6.61 Å². The molecule has 1 aromatic carbocycles. The summed E-state index contributed by atoms with van der Waals surface area (Å²) in [7, 11) is 0. The predicted molar refractivity (Wildman–Crippen MR) is 73.5 cm³/mol. The summed E-state index contributed by atoms with van der Waals surface area (Å²) in [6.07, 6.45) is -6.01. The highest BCUT2D eigenvalue weighted by Crippen LogP contribution is 2.35. The first kappa shape index (κ1) is 17.1. The minimum atomic E-state index is -4.55. The molecule has 0 aliphatic carbocycles. The molecular weight excluding hydrogens is 315 g/mol. The fourth-order valence-electron chi connectivity index (χ4n) is 2.47. The molecule has 1 aromatic rings. The number of halogens is 3. The van der Waals surface area contributed by atoms with Crippen LogP contribution in [-0.2, 0) is 16.1 Å². The first-order chi connectivity index (χ1) is 10.8. The molecule has 0 saturated carbocycles. The molecule has 1 saturated heterocycles. The fourth-order valence-corrected chi connectivity index (χ4v) is 2.47. The van der Waals surface area contributed by atoms with E-state index in [1.165, 1.54) is 0 Å². The second-order valence-electron chi connectivity index (χ2n) is 5.45. The van der Waals surface area contributed by atoms with E-state index in [1.807, 2.05) is 0 Å². The second kappa shape index (κ2) is 6.89. The van der Waals surface area contributed by atoms with Crippen LogP contribution in [0.1, 0.15) is 12.0 Å². The van der Waals surface area contributed by atoms with Gasteiger partial charge in [-0.2, -0.15) is 13.2 Å². The minimum absolute atomic E-state index is 0.0788. The third-order valence-corrected chi connectivity index (χ3v) is 3.73. The van der Waals surface area contributed by atoms with Gasteiger partial charge in [-0.15, -0.1) is 0 Å². The van der Waals surface area contributed by atoms with Crippen molar-refractivity contribution in [1.82, 2.24) is 4.90 Å². The Bertz CT molecular complexity index is 562. The van der Waals surface area contributed by atoms with Gasteiger partial charge in [-0.3, -0.25) is 4.79 Å². The third-order valence-electron chi connectivity index (χ3n) is 3.73. The molecule has 1 fully saturated rings. The van der Waals surface area contributed by atoms with E-state index in [4.69, 9.17) is 9.84 Å². The van der Waals surface area contributed by atoms with Crippen LogP contribution in [0.25, 0.3) is 0 Å². The highest BCUT2D eigenvalue weighted by molar-refractivity contribution is 5.73. The molecule has 1 aliphatic rings. The summed E-state index contributed by atoms with van der Waals surface area (Å²) < 4.78 is 43.7. The number of ether oxygens (including phenoxy) is 1. The van der Waals surface area contributed by atoms with E-state index in [0.29, 0.717) is 5.56 Å². The van der Waals surface area contributed by atoms with Gasteiger partial charge < -0.3 is 14.7 Å². The van der Waals surface area contributed by atoms with E-state index in [-0.39, 0.29) is 13.2 Å². The maximum absolute atomic E-state index is 12.9. The Balaban J connectivity index is 2.01. The number of hydrogen-bond acceptors (Lipinski definition) is 3. The van der Waals surface area contributed by atoms with E-state index in [2.05, 4.69) is 0 Å². The minimum Gasteiger partial charge on any atom is -0.481 e. The van der Waals surface area contributed by atoms with Gasteiger partial charge in [0, 0.05) is 13.1 Å². The molecule has 1 heterocycles. The maximum Gasteiger partial charge on any atom is 0.410 e. The molecule has 0 spiro atoms. The molecular formula is C15H16F3NO4. The first-order valence-electron chi connectivity index (χ1n) is 7.02. The molecule has 0 bridgehead atoms. The van der Waals surface area contributed by atoms with Crippen molar-refractivity contribution in [3.63, 3.8) is 0 Å². The zero-order valence-electron chi connectivity index (χ0n) is 12.1. The lowest BCUT2D eigenvalue weighted by Gasteiger charge is -2.36. The number of rotatable bonds is 3. The van der Waals surface area contributed by atoms with Gasteiger partial charge in [-0.25, -0.2) is 4.79 Å². The third kappa shape index (κ3) is 4.61. The predicted octanol–water partition coefficient (Wildman–Crippen LogP) is 2.91. The quantitative estimate of drug-likeness (QED) is 0.925. The van der Waals surface area contributed by atoms with Gasteiger partial charge in [-0.1, -0.05) is 30.3 Å². The van der Waals surface area contributed by atoms with Gasteiger partial charge in [0.2, 0.25) is 0 Å². The monoisotopic (exact) mass is 331 g/mol. The Morgan fingerprint density at radius 3 is 2.43 bits per heavy atom. The largest absolute Gasteiger partial charge is 0.481 e. The highest BCUT2D eigenvalue weighted by Gasteiger charge is 2.47. The van der Waals surface area contributed by atoms with E-state index in [0.717, 1.165) is 4.90 Å². The van der Waals surface area contributed by atoms with Crippen molar-refractivity contribution in [2.24, 2.45) is 11.8 Å². The molecule has 1 N–H and O–H groups in total. The van der Waals surface area contributed by atoms with Crippen molar-refractivity contribution in [2.45, 2.75) is 19.2 Å². The number of carboxylic acid groups (broad SMARTS) is 1. The SMILES string of the molecule is O=C(O)[C@H]1C[C@H](C(F)(F)F)CN(C(=O)OCc2ccccc2)C1. The number of piperidine rings is 1. The Labute approximate surface area is 130 Å². The summed E-state index contributed by atoms with van der Waals surface area (Å²) in [5.74, 6) is -4.46. The number of nitrogens with zero attached hydrogens (tertiary/aromatic N) is 1.